The molecule has 5 nitrogen and oxygen atoms in total. The van der Waals surface area contributed by atoms with E-state index in [1.165, 1.54) is 32.1 Å². The molecule has 1 aliphatic carbocycles. The van der Waals surface area contributed by atoms with E-state index in [0.29, 0.717) is 24.6 Å². The number of nitrogens with one attached hydrogen (secondary N) is 1. The minimum absolute atomic E-state index is 0.295. The highest BCUT2D eigenvalue weighted by atomic mass is 32.2. The Bertz CT molecular complexity index is 588. The van der Waals surface area contributed by atoms with E-state index in [2.05, 4.69) is 20.0 Å². The molecule has 1 aromatic heterocycles. The summed E-state index contributed by atoms with van der Waals surface area (Å²) >= 11 is 1.67. The van der Waals surface area contributed by atoms with E-state index < -0.39 is 10.0 Å². The largest absolute Gasteiger partial charge is 0.348 e. The molecule has 0 radical (unpaired) electrons. The van der Waals surface area contributed by atoms with Crippen molar-refractivity contribution in [3.05, 3.63) is 11.1 Å². The Hall–Kier alpha value is -0.660. The Labute approximate surface area is 143 Å². The van der Waals surface area contributed by atoms with Gasteiger partial charge in [0, 0.05) is 31.4 Å². The van der Waals surface area contributed by atoms with Gasteiger partial charge in [0.1, 0.15) is 0 Å². The highest BCUT2D eigenvalue weighted by molar-refractivity contribution is 7.89. The molecule has 0 bridgehead atoms. The second-order valence-corrected chi connectivity index (χ2v) is 9.43. The third-order valence-electron chi connectivity index (χ3n) is 4.80. The van der Waals surface area contributed by atoms with Gasteiger partial charge in [-0.15, -0.1) is 11.3 Å². The molecular weight excluding hydrogens is 330 g/mol. The van der Waals surface area contributed by atoms with Crippen LogP contribution in [0.15, 0.2) is 5.38 Å². The SMILES string of the molecule is O=S(=O)(CC1CCCCC1)NCCc1csc(N2CCCC2)n1. The molecule has 23 heavy (non-hydrogen) atoms. The highest BCUT2D eigenvalue weighted by Gasteiger charge is 2.21. The predicted molar refractivity (Wildman–Crippen MR) is 95.6 cm³/mol. The normalized spacial score (nSPS) is 20.3. The van der Waals surface area contributed by atoms with Crippen molar-refractivity contribution in [2.75, 3.05) is 30.3 Å². The second-order valence-electron chi connectivity index (χ2n) is 6.75. The smallest absolute Gasteiger partial charge is 0.211 e. The monoisotopic (exact) mass is 357 g/mol. The first-order valence-electron chi connectivity index (χ1n) is 8.79. The summed E-state index contributed by atoms with van der Waals surface area (Å²) in [6, 6.07) is 0. The molecule has 2 fully saturated rings. The first-order chi connectivity index (χ1) is 11.1. The quantitative estimate of drug-likeness (QED) is 0.815. The first kappa shape index (κ1) is 17.2. The van der Waals surface area contributed by atoms with Gasteiger partial charge in [-0.1, -0.05) is 19.3 Å². The van der Waals surface area contributed by atoms with Gasteiger partial charge >= 0.3 is 0 Å². The van der Waals surface area contributed by atoms with Crippen molar-refractivity contribution in [3.63, 3.8) is 0 Å². The lowest BCUT2D eigenvalue weighted by Crippen LogP contribution is -2.32. The van der Waals surface area contributed by atoms with Crippen molar-refractivity contribution < 1.29 is 8.42 Å². The van der Waals surface area contributed by atoms with Gasteiger partial charge < -0.3 is 4.90 Å². The number of sulfonamides is 1. The van der Waals surface area contributed by atoms with E-state index >= 15 is 0 Å². The lowest BCUT2D eigenvalue weighted by molar-refractivity contribution is 0.384. The summed E-state index contributed by atoms with van der Waals surface area (Å²) in [6.45, 7) is 2.65. The van der Waals surface area contributed by atoms with Crippen LogP contribution in [0.2, 0.25) is 0 Å². The second kappa shape index (κ2) is 7.94. The summed E-state index contributed by atoms with van der Waals surface area (Å²) in [6.07, 6.45) is 8.90. The van der Waals surface area contributed by atoms with E-state index in [-0.39, 0.29) is 0 Å². The number of rotatable bonds is 7. The average Bonchev–Trinajstić information content (AvgIpc) is 3.18. The summed E-state index contributed by atoms with van der Waals surface area (Å²) in [7, 11) is -3.14. The van der Waals surface area contributed by atoms with Crippen LogP contribution in [0.5, 0.6) is 0 Å². The predicted octanol–water partition coefficient (Wildman–Crippen LogP) is 2.79. The number of hydrogen-bond acceptors (Lipinski definition) is 5. The summed E-state index contributed by atoms with van der Waals surface area (Å²) in [4.78, 5) is 6.96. The fourth-order valence-electron chi connectivity index (χ4n) is 3.52. The van der Waals surface area contributed by atoms with Gasteiger partial charge in [-0.2, -0.15) is 0 Å². The topological polar surface area (TPSA) is 62.3 Å². The zero-order valence-corrected chi connectivity index (χ0v) is 15.3. The van der Waals surface area contributed by atoms with Crippen LogP contribution in [0.25, 0.3) is 0 Å². The summed E-state index contributed by atoms with van der Waals surface area (Å²) in [5.74, 6) is 0.644. The molecule has 1 saturated heterocycles. The van der Waals surface area contributed by atoms with Crippen LogP contribution in [-0.2, 0) is 16.4 Å². The Morgan fingerprint density at radius 2 is 1.91 bits per heavy atom. The maximum Gasteiger partial charge on any atom is 0.211 e. The average molecular weight is 358 g/mol. The van der Waals surface area contributed by atoms with Crippen LogP contribution in [0.3, 0.4) is 0 Å². The number of aromatic nitrogens is 1. The van der Waals surface area contributed by atoms with Gasteiger partial charge in [0.2, 0.25) is 10.0 Å². The number of nitrogens with zero attached hydrogens (tertiary/aromatic N) is 2. The van der Waals surface area contributed by atoms with Crippen LogP contribution < -0.4 is 9.62 Å². The van der Waals surface area contributed by atoms with Crippen molar-refractivity contribution in [3.8, 4) is 0 Å². The zero-order valence-electron chi connectivity index (χ0n) is 13.7. The summed E-state index contributed by atoms with van der Waals surface area (Å²) in [5.41, 5.74) is 0.997. The fraction of sp³-hybridized carbons (Fsp3) is 0.812. The van der Waals surface area contributed by atoms with Crippen molar-refractivity contribution >= 4 is 26.5 Å². The molecule has 3 rings (SSSR count). The van der Waals surface area contributed by atoms with E-state index in [4.69, 9.17) is 0 Å². The molecule has 0 atom stereocenters. The van der Waals surface area contributed by atoms with Crippen molar-refractivity contribution in [1.29, 1.82) is 0 Å². The van der Waals surface area contributed by atoms with Gasteiger partial charge in [-0.3, -0.25) is 0 Å². The zero-order chi connectivity index (χ0) is 16.1. The summed E-state index contributed by atoms with van der Waals surface area (Å²) in [5, 5.41) is 3.14. The van der Waals surface area contributed by atoms with Gasteiger partial charge in [-0.25, -0.2) is 18.1 Å². The molecule has 0 spiro atoms. The minimum Gasteiger partial charge on any atom is -0.348 e. The van der Waals surface area contributed by atoms with E-state index in [1.54, 1.807) is 11.3 Å². The van der Waals surface area contributed by atoms with Crippen LogP contribution in [0.4, 0.5) is 5.13 Å². The third kappa shape index (κ3) is 5.16. The Morgan fingerprint density at radius 3 is 2.65 bits per heavy atom. The van der Waals surface area contributed by atoms with Gasteiger partial charge in [0.05, 0.1) is 11.4 Å². The van der Waals surface area contributed by atoms with E-state index in [9.17, 15) is 8.42 Å². The van der Waals surface area contributed by atoms with E-state index in [1.807, 2.05) is 0 Å². The van der Waals surface area contributed by atoms with Gasteiger partial charge in [-0.05, 0) is 31.6 Å². The van der Waals surface area contributed by atoms with Crippen molar-refractivity contribution in [1.82, 2.24) is 9.71 Å². The number of thiazole rings is 1. The molecule has 0 unspecified atom stereocenters. The molecule has 1 saturated carbocycles. The molecule has 1 aromatic rings. The van der Waals surface area contributed by atoms with Gasteiger partial charge in [0.15, 0.2) is 5.13 Å². The van der Waals surface area contributed by atoms with Gasteiger partial charge in [0.25, 0.3) is 0 Å². The molecule has 1 N–H and O–H groups in total. The Balaban J connectivity index is 1.43. The Kier molecular flexibility index (Phi) is 5.93. The lowest BCUT2D eigenvalue weighted by Gasteiger charge is -2.21. The van der Waals surface area contributed by atoms with Crippen molar-refractivity contribution in [2.24, 2.45) is 5.92 Å². The van der Waals surface area contributed by atoms with Crippen LogP contribution in [0.1, 0.15) is 50.6 Å². The minimum atomic E-state index is -3.14. The summed E-state index contributed by atoms with van der Waals surface area (Å²) < 4.78 is 27.1. The maximum atomic E-state index is 12.2. The molecule has 1 aliphatic heterocycles. The first-order valence-corrected chi connectivity index (χ1v) is 11.3. The standard InChI is InChI=1S/C16H27N3O2S2/c20-23(21,13-14-6-2-1-3-7-14)17-9-8-15-12-22-16(18-15)19-10-4-5-11-19/h12,14,17H,1-11,13H2. The van der Waals surface area contributed by atoms with Crippen LogP contribution in [0, 0.1) is 5.92 Å². The van der Waals surface area contributed by atoms with Crippen LogP contribution in [-0.4, -0.2) is 38.8 Å². The molecule has 2 aliphatic rings. The molecule has 0 aromatic carbocycles. The molecule has 0 amide bonds. The molecule has 130 valence electrons. The third-order valence-corrected chi connectivity index (χ3v) is 7.30. The highest BCUT2D eigenvalue weighted by Crippen LogP contribution is 2.25. The molecule has 7 heteroatoms. The fourth-order valence-corrected chi connectivity index (χ4v) is 5.92. The van der Waals surface area contributed by atoms with Crippen LogP contribution >= 0.6 is 11.3 Å². The Morgan fingerprint density at radius 1 is 1.17 bits per heavy atom. The molecular formula is C16H27N3O2S2. The van der Waals surface area contributed by atoms with E-state index in [0.717, 1.165) is 36.8 Å². The maximum absolute atomic E-state index is 12.2. The molecule has 2 heterocycles. The number of anilines is 1. The lowest BCUT2D eigenvalue weighted by atomic mass is 9.91. The van der Waals surface area contributed by atoms with Crippen molar-refractivity contribution in [2.45, 2.75) is 51.4 Å². The number of hydrogen-bond donors (Lipinski definition) is 1.